The second kappa shape index (κ2) is 5.32. The highest BCUT2D eigenvalue weighted by Gasteiger charge is 2.21. The van der Waals surface area contributed by atoms with E-state index in [0.717, 1.165) is 0 Å². The number of nitrogens with zero attached hydrogens (tertiary/aromatic N) is 1. The molecule has 0 spiro atoms. The van der Waals surface area contributed by atoms with Crippen molar-refractivity contribution >= 4 is 16.8 Å². The lowest BCUT2D eigenvalue weighted by Gasteiger charge is -2.12. The molecular formula is C17H13FN2O. The molecule has 0 atom stereocenters. The summed E-state index contributed by atoms with van der Waals surface area (Å²) in [5.74, 6) is -0.968. The number of amides is 1. The lowest BCUT2D eigenvalue weighted by atomic mass is 9.97. The number of hydrogen-bond donors (Lipinski definition) is 1. The zero-order valence-corrected chi connectivity index (χ0v) is 11.4. The number of aromatic nitrogens is 1. The van der Waals surface area contributed by atoms with Crippen LogP contribution >= 0.6 is 0 Å². The van der Waals surface area contributed by atoms with Crippen molar-refractivity contribution < 1.29 is 9.18 Å². The van der Waals surface area contributed by atoms with Gasteiger partial charge in [0.05, 0.1) is 16.6 Å². The van der Waals surface area contributed by atoms with Gasteiger partial charge in [0.1, 0.15) is 0 Å². The van der Waals surface area contributed by atoms with E-state index in [1.807, 2.05) is 12.1 Å². The van der Waals surface area contributed by atoms with Gasteiger partial charge >= 0.3 is 0 Å². The first-order chi connectivity index (χ1) is 10.2. The topological polar surface area (TPSA) is 42.0 Å². The van der Waals surface area contributed by atoms with E-state index in [2.05, 4.69) is 10.3 Å². The number of carbonyl (C=O) groups excluding carboxylic acids is 1. The van der Waals surface area contributed by atoms with Crippen molar-refractivity contribution in [3.05, 3.63) is 66.1 Å². The van der Waals surface area contributed by atoms with Crippen LogP contribution < -0.4 is 5.32 Å². The fraction of sp³-hybridized carbons (Fsp3) is 0.0588. The van der Waals surface area contributed by atoms with Gasteiger partial charge in [0.15, 0.2) is 0 Å². The van der Waals surface area contributed by atoms with Crippen LogP contribution in [-0.2, 0) is 0 Å². The first-order valence-electron chi connectivity index (χ1n) is 6.58. The predicted octanol–water partition coefficient (Wildman–Crippen LogP) is 3.40. The maximum absolute atomic E-state index is 14.5. The molecule has 1 N–H and O–H groups in total. The summed E-state index contributed by atoms with van der Waals surface area (Å²) >= 11 is 0. The van der Waals surface area contributed by atoms with Crippen molar-refractivity contribution in [2.75, 3.05) is 7.05 Å². The van der Waals surface area contributed by atoms with Gasteiger partial charge in [-0.2, -0.15) is 4.39 Å². The van der Waals surface area contributed by atoms with E-state index in [4.69, 9.17) is 0 Å². The smallest absolute Gasteiger partial charge is 0.252 e. The average molecular weight is 280 g/mol. The number of pyridine rings is 1. The van der Waals surface area contributed by atoms with Crippen molar-refractivity contribution in [3.63, 3.8) is 0 Å². The van der Waals surface area contributed by atoms with Crippen LogP contribution in [0.3, 0.4) is 0 Å². The molecule has 3 rings (SSSR count). The van der Waals surface area contributed by atoms with E-state index in [-0.39, 0.29) is 11.5 Å². The van der Waals surface area contributed by atoms with E-state index in [9.17, 15) is 9.18 Å². The Hall–Kier alpha value is -2.75. The molecule has 0 unspecified atom stereocenters. The summed E-state index contributed by atoms with van der Waals surface area (Å²) in [4.78, 5) is 16.3. The summed E-state index contributed by atoms with van der Waals surface area (Å²) in [6.07, 6.45) is 0. The Kier molecular flexibility index (Phi) is 3.36. The van der Waals surface area contributed by atoms with E-state index in [0.29, 0.717) is 22.0 Å². The molecule has 0 fully saturated rings. The molecule has 0 aliphatic rings. The van der Waals surface area contributed by atoms with Crippen LogP contribution in [0.2, 0.25) is 0 Å². The highest BCUT2D eigenvalue weighted by Crippen LogP contribution is 2.31. The Balaban J connectivity index is 2.43. The van der Waals surface area contributed by atoms with Crippen LogP contribution in [0.5, 0.6) is 0 Å². The zero-order chi connectivity index (χ0) is 14.8. The molecular weight excluding hydrogens is 267 g/mol. The number of halogens is 1. The number of benzene rings is 2. The summed E-state index contributed by atoms with van der Waals surface area (Å²) in [6.45, 7) is 0. The maximum Gasteiger partial charge on any atom is 0.252 e. The molecule has 4 heteroatoms. The minimum atomic E-state index is -0.640. The van der Waals surface area contributed by atoms with E-state index in [1.165, 1.54) is 7.05 Å². The van der Waals surface area contributed by atoms with Crippen molar-refractivity contribution in [3.8, 4) is 11.1 Å². The first-order valence-corrected chi connectivity index (χ1v) is 6.58. The molecule has 0 aliphatic carbocycles. The second-order valence-electron chi connectivity index (χ2n) is 4.61. The molecule has 0 bridgehead atoms. The second-order valence-corrected chi connectivity index (χ2v) is 4.61. The molecule has 3 aromatic rings. The van der Waals surface area contributed by atoms with Gasteiger partial charge in [-0.25, -0.2) is 4.98 Å². The van der Waals surface area contributed by atoms with Gasteiger partial charge in [0.2, 0.25) is 5.95 Å². The molecule has 0 saturated carbocycles. The highest BCUT2D eigenvalue weighted by molar-refractivity contribution is 6.11. The van der Waals surface area contributed by atoms with Gasteiger partial charge in [-0.05, 0) is 11.6 Å². The van der Waals surface area contributed by atoms with Crippen LogP contribution in [0.15, 0.2) is 54.6 Å². The maximum atomic E-state index is 14.5. The van der Waals surface area contributed by atoms with Crippen molar-refractivity contribution in [2.24, 2.45) is 0 Å². The normalized spacial score (nSPS) is 10.6. The summed E-state index contributed by atoms with van der Waals surface area (Å²) in [5.41, 5.74) is 1.64. The quantitative estimate of drug-likeness (QED) is 0.731. The fourth-order valence-electron chi connectivity index (χ4n) is 2.41. The summed E-state index contributed by atoms with van der Waals surface area (Å²) in [5, 5.41) is 3.21. The van der Waals surface area contributed by atoms with Crippen LogP contribution in [0.25, 0.3) is 22.0 Å². The Labute approximate surface area is 121 Å². The van der Waals surface area contributed by atoms with Gasteiger partial charge in [-0.1, -0.05) is 48.5 Å². The lowest BCUT2D eigenvalue weighted by molar-refractivity contribution is 0.0965. The molecule has 1 amide bonds. The Morgan fingerprint density at radius 1 is 1.05 bits per heavy atom. The van der Waals surface area contributed by atoms with Crippen molar-refractivity contribution in [1.82, 2.24) is 10.3 Å². The zero-order valence-electron chi connectivity index (χ0n) is 11.4. The number of rotatable bonds is 2. The van der Waals surface area contributed by atoms with Crippen molar-refractivity contribution in [2.45, 2.75) is 0 Å². The molecule has 1 heterocycles. The summed E-state index contributed by atoms with van der Waals surface area (Å²) in [6, 6.07) is 16.0. The minimum Gasteiger partial charge on any atom is -0.355 e. The average Bonchev–Trinajstić information content (AvgIpc) is 2.53. The standard InChI is InChI=1S/C17H13FN2O/c1-19-17(21)15-12-9-5-6-10-13(12)20-16(18)14(15)11-7-3-2-4-8-11/h2-10H,1H3,(H,19,21). The molecule has 0 radical (unpaired) electrons. The van der Waals surface area contributed by atoms with Crippen LogP contribution in [0, 0.1) is 5.95 Å². The molecule has 0 aliphatic heterocycles. The number of hydrogen-bond acceptors (Lipinski definition) is 2. The summed E-state index contributed by atoms with van der Waals surface area (Å²) < 4.78 is 14.5. The number of carbonyl (C=O) groups is 1. The monoisotopic (exact) mass is 280 g/mol. The molecule has 1 aromatic heterocycles. The first kappa shape index (κ1) is 13.2. The van der Waals surface area contributed by atoms with E-state index >= 15 is 0 Å². The Bertz CT molecular complexity index is 816. The van der Waals surface area contributed by atoms with Crippen LogP contribution in [0.1, 0.15) is 10.4 Å². The van der Waals surface area contributed by atoms with Gasteiger partial charge < -0.3 is 5.32 Å². The van der Waals surface area contributed by atoms with Gasteiger partial charge in [0, 0.05) is 12.4 Å². The number of nitrogens with one attached hydrogen (secondary N) is 1. The van der Waals surface area contributed by atoms with Crippen molar-refractivity contribution in [1.29, 1.82) is 0 Å². The Morgan fingerprint density at radius 2 is 1.71 bits per heavy atom. The fourth-order valence-corrected chi connectivity index (χ4v) is 2.41. The third-order valence-corrected chi connectivity index (χ3v) is 3.36. The number of fused-ring (bicyclic) bond motifs is 1. The van der Waals surface area contributed by atoms with Gasteiger partial charge in [-0.15, -0.1) is 0 Å². The minimum absolute atomic E-state index is 0.230. The molecule has 0 saturated heterocycles. The van der Waals surface area contributed by atoms with Crippen LogP contribution in [0.4, 0.5) is 4.39 Å². The van der Waals surface area contributed by atoms with E-state index in [1.54, 1.807) is 42.5 Å². The summed E-state index contributed by atoms with van der Waals surface area (Å²) in [7, 11) is 1.53. The van der Waals surface area contributed by atoms with Crippen LogP contribution in [-0.4, -0.2) is 17.9 Å². The highest BCUT2D eigenvalue weighted by atomic mass is 19.1. The third kappa shape index (κ3) is 2.25. The molecule has 21 heavy (non-hydrogen) atoms. The Morgan fingerprint density at radius 3 is 2.43 bits per heavy atom. The molecule has 104 valence electrons. The van der Waals surface area contributed by atoms with E-state index < -0.39 is 5.95 Å². The number of para-hydroxylation sites is 1. The predicted molar refractivity (Wildman–Crippen MR) is 80.5 cm³/mol. The molecule has 2 aromatic carbocycles. The lowest BCUT2D eigenvalue weighted by Crippen LogP contribution is -2.20. The molecule has 3 nitrogen and oxygen atoms in total. The third-order valence-electron chi connectivity index (χ3n) is 3.36. The van der Waals surface area contributed by atoms with Gasteiger partial charge in [0.25, 0.3) is 5.91 Å². The largest absolute Gasteiger partial charge is 0.355 e. The van der Waals surface area contributed by atoms with Gasteiger partial charge in [-0.3, -0.25) is 4.79 Å². The SMILES string of the molecule is CNC(=O)c1c(-c2ccccc2)c(F)nc2ccccc12.